The first-order chi connectivity index (χ1) is 19.6. The molecule has 0 radical (unpaired) electrons. The van der Waals surface area contributed by atoms with E-state index in [1.807, 2.05) is 37.3 Å². The van der Waals surface area contributed by atoms with Crippen LogP contribution in [-0.2, 0) is 16.1 Å². The molecule has 4 rings (SSSR count). The minimum atomic E-state index is -1.15. The highest BCUT2D eigenvalue weighted by Crippen LogP contribution is 2.40. The lowest BCUT2D eigenvalue weighted by atomic mass is 9.90. The Bertz CT molecular complexity index is 1350. The molecule has 12 heteroatoms. The molecule has 1 aromatic carbocycles. The molecular formula is C31H41Cl2N5O5. The molecule has 0 saturated heterocycles. The lowest BCUT2D eigenvalue weighted by Gasteiger charge is -2.27. The van der Waals surface area contributed by atoms with Crippen molar-refractivity contribution in [3.8, 4) is 5.75 Å². The van der Waals surface area contributed by atoms with Crippen LogP contribution >= 0.6 is 24.8 Å². The normalized spacial score (nSPS) is 14.0. The number of anilines is 2. The minimum Gasteiger partial charge on any atom is -0.493 e. The summed E-state index contributed by atoms with van der Waals surface area (Å²) >= 11 is 0. The van der Waals surface area contributed by atoms with Gasteiger partial charge in [-0.3, -0.25) is 24.3 Å². The van der Waals surface area contributed by atoms with Gasteiger partial charge in [0, 0.05) is 65.3 Å². The summed E-state index contributed by atoms with van der Waals surface area (Å²) in [5, 5.41) is 0. The lowest BCUT2D eigenvalue weighted by Crippen LogP contribution is -2.47. The van der Waals surface area contributed by atoms with Crippen molar-refractivity contribution in [2.24, 2.45) is 5.41 Å². The molecule has 234 valence electrons. The Morgan fingerprint density at radius 1 is 1.00 bits per heavy atom. The number of benzene rings is 1. The molecule has 3 aromatic rings. The van der Waals surface area contributed by atoms with Crippen LogP contribution in [0, 0.1) is 5.41 Å². The van der Waals surface area contributed by atoms with E-state index in [0.29, 0.717) is 55.7 Å². The van der Waals surface area contributed by atoms with Gasteiger partial charge in [0.2, 0.25) is 11.8 Å². The van der Waals surface area contributed by atoms with E-state index in [2.05, 4.69) is 9.88 Å². The average molecular weight is 635 g/mol. The van der Waals surface area contributed by atoms with Gasteiger partial charge in [-0.1, -0.05) is 0 Å². The maximum Gasteiger partial charge on any atom is 0.289 e. The zero-order valence-electron chi connectivity index (χ0n) is 25.3. The van der Waals surface area contributed by atoms with Gasteiger partial charge in [-0.05, 0) is 69.2 Å². The van der Waals surface area contributed by atoms with Gasteiger partial charge < -0.3 is 23.9 Å². The van der Waals surface area contributed by atoms with Crippen LogP contribution in [0.2, 0.25) is 0 Å². The Hall–Kier alpha value is -3.60. The molecule has 0 unspecified atom stereocenters. The first-order valence-corrected chi connectivity index (χ1v) is 13.9. The Labute approximate surface area is 265 Å². The van der Waals surface area contributed by atoms with Crippen LogP contribution in [0.3, 0.4) is 0 Å². The first-order valence-electron chi connectivity index (χ1n) is 13.9. The maximum atomic E-state index is 13.1. The molecule has 0 atom stereocenters. The molecule has 0 spiro atoms. The van der Waals surface area contributed by atoms with E-state index in [1.54, 1.807) is 67.2 Å². The third kappa shape index (κ3) is 8.28. The summed E-state index contributed by atoms with van der Waals surface area (Å²) in [5.41, 5.74) is 1.33. The second kappa shape index (κ2) is 15.7. The van der Waals surface area contributed by atoms with E-state index in [1.165, 1.54) is 6.26 Å². The molecule has 2 aromatic heterocycles. The van der Waals surface area contributed by atoms with Crippen molar-refractivity contribution in [2.75, 3.05) is 56.7 Å². The summed E-state index contributed by atoms with van der Waals surface area (Å²) in [7, 11) is 3.47. The predicted molar refractivity (Wildman–Crippen MR) is 171 cm³/mol. The smallest absolute Gasteiger partial charge is 0.289 e. The van der Waals surface area contributed by atoms with Crippen LogP contribution in [0.5, 0.6) is 5.75 Å². The summed E-state index contributed by atoms with van der Waals surface area (Å²) < 4.78 is 11.4. The van der Waals surface area contributed by atoms with Crippen molar-refractivity contribution in [1.82, 2.24) is 14.8 Å². The van der Waals surface area contributed by atoms with Gasteiger partial charge in [0.1, 0.15) is 11.2 Å². The van der Waals surface area contributed by atoms with E-state index in [0.717, 1.165) is 18.5 Å². The summed E-state index contributed by atoms with van der Waals surface area (Å²) in [6.07, 6.45) is 5.80. The fourth-order valence-electron chi connectivity index (χ4n) is 4.95. The van der Waals surface area contributed by atoms with E-state index < -0.39 is 5.41 Å². The van der Waals surface area contributed by atoms with Gasteiger partial charge in [-0.25, -0.2) is 0 Å². The minimum absolute atomic E-state index is 0. The van der Waals surface area contributed by atoms with Crippen LogP contribution in [0.4, 0.5) is 11.4 Å². The van der Waals surface area contributed by atoms with E-state index in [9.17, 15) is 14.4 Å². The van der Waals surface area contributed by atoms with Crippen LogP contribution < -0.4 is 14.5 Å². The number of carbonyl (C=O) groups is 3. The Balaban J connectivity index is 0.00000323. The number of ether oxygens (including phenoxy) is 1. The average Bonchev–Trinajstić information content (AvgIpc) is 3.51. The predicted octanol–water partition coefficient (Wildman–Crippen LogP) is 4.92. The van der Waals surface area contributed by atoms with Crippen molar-refractivity contribution in [3.05, 3.63) is 72.4 Å². The monoisotopic (exact) mass is 633 g/mol. The number of amides is 3. The third-order valence-electron chi connectivity index (χ3n) is 7.41. The number of hydrogen-bond acceptors (Lipinski definition) is 7. The molecule has 0 N–H and O–H groups in total. The zero-order valence-corrected chi connectivity index (χ0v) is 27.0. The van der Waals surface area contributed by atoms with Crippen LogP contribution in [0.1, 0.15) is 43.3 Å². The van der Waals surface area contributed by atoms with Crippen molar-refractivity contribution >= 4 is 53.9 Å². The van der Waals surface area contributed by atoms with Gasteiger partial charge in [0.15, 0.2) is 5.76 Å². The molecule has 3 heterocycles. The lowest BCUT2D eigenvalue weighted by molar-refractivity contribution is -0.137. The topological polar surface area (TPSA) is 99.4 Å². The van der Waals surface area contributed by atoms with Crippen LogP contribution in [0.15, 0.2) is 65.5 Å². The van der Waals surface area contributed by atoms with Gasteiger partial charge in [0.05, 0.1) is 24.2 Å². The van der Waals surface area contributed by atoms with Crippen molar-refractivity contribution in [1.29, 1.82) is 0 Å². The van der Waals surface area contributed by atoms with Gasteiger partial charge in [0.25, 0.3) is 5.91 Å². The first kappa shape index (κ1) is 35.6. The molecular weight excluding hydrogens is 593 g/mol. The number of aromatic nitrogens is 1. The van der Waals surface area contributed by atoms with E-state index in [4.69, 9.17) is 9.15 Å². The van der Waals surface area contributed by atoms with Gasteiger partial charge in [-0.2, -0.15) is 0 Å². The largest absolute Gasteiger partial charge is 0.493 e. The van der Waals surface area contributed by atoms with Crippen LogP contribution in [0.25, 0.3) is 0 Å². The number of likely N-dealkylation sites (N-methyl/N-ethyl adjacent to an activating group) is 1. The summed E-state index contributed by atoms with van der Waals surface area (Å²) in [6.45, 7) is 8.85. The van der Waals surface area contributed by atoms with Crippen molar-refractivity contribution in [2.45, 2.75) is 33.7 Å². The number of furan rings is 1. The van der Waals surface area contributed by atoms with Gasteiger partial charge >= 0.3 is 0 Å². The Morgan fingerprint density at radius 2 is 1.72 bits per heavy atom. The summed E-state index contributed by atoms with van der Waals surface area (Å²) in [5.74, 6) is 0.343. The molecule has 1 aliphatic rings. The number of rotatable bonds is 12. The molecule has 0 saturated carbocycles. The fourth-order valence-corrected chi connectivity index (χ4v) is 4.95. The van der Waals surface area contributed by atoms with Crippen LogP contribution in [-0.4, -0.2) is 79.4 Å². The molecule has 1 aliphatic heterocycles. The number of halogens is 2. The molecule has 0 fully saturated rings. The number of carbonyl (C=O) groups excluding carboxylic acids is 3. The third-order valence-corrected chi connectivity index (χ3v) is 7.41. The zero-order chi connectivity index (χ0) is 29.6. The van der Waals surface area contributed by atoms with Crippen molar-refractivity contribution < 1.29 is 23.5 Å². The maximum absolute atomic E-state index is 13.1. The van der Waals surface area contributed by atoms with E-state index in [-0.39, 0.29) is 42.5 Å². The number of fused-ring (bicyclic) bond motifs is 1. The molecule has 43 heavy (non-hydrogen) atoms. The van der Waals surface area contributed by atoms with Gasteiger partial charge in [-0.15, -0.1) is 24.8 Å². The standard InChI is InChI=1S/C31H39N5O5.2ClH/c1-6-36-25-11-10-24(21-26(25)34(5)29(38)31(2,3)30(36)39)40-20-8-16-35(22-23-12-14-32-15-13-23)18-17-33(4)28(37)27-9-7-19-41-27;;/h7,9-15,19,21H,6,8,16-18,20,22H2,1-5H3;2*1H. The summed E-state index contributed by atoms with van der Waals surface area (Å²) in [4.78, 5) is 50.1. The summed E-state index contributed by atoms with van der Waals surface area (Å²) in [6, 6.07) is 12.9. The molecule has 3 amide bonds. The highest BCUT2D eigenvalue weighted by molar-refractivity contribution is 6.20. The van der Waals surface area contributed by atoms with Crippen molar-refractivity contribution in [3.63, 3.8) is 0 Å². The second-order valence-electron chi connectivity index (χ2n) is 10.7. The quantitative estimate of drug-likeness (QED) is 0.206. The Morgan fingerprint density at radius 3 is 2.37 bits per heavy atom. The highest BCUT2D eigenvalue weighted by atomic mass is 35.5. The Kier molecular flexibility index (Phi) is 13.0. The molecule has 10 nitrogen and oxygen atoms in total. The number of pyridine rings is 1. The number of hydrogen-bond donors (Lipinski definition) is 0. The molecule has 0 aliphatic carbocycles. The van der Waals surface area contributed by atoms with E-state index >= 15 is 0 Å². The SMILES string of the molecule is CCN1C(=O)C(C)(C)C(=O)N(C)c2cc(OCCCN(CCN(C)C(=O)c3ccco3)Cc3ccncc3)ccc21.Cl.Cl. The number of nitrogens with zero attached hydrogens (tertiary/aromatic N) is 5. The highest BCUT2D eigenvalue weighted by Gasteiger charge is 2.45. The molecule has 0 bridgehead atoms. The second-order valence-corrected chi connectivity index (χ2v) is 10.7. The fraction of sp³-hybridized carbons (Fsp3) is 0.419.